The lowest BCUT2D eigenvalue weighted by Crippen LogP contribution is -1.95. The van der Waals surface area contributed by atoms with Gasteiger partial charge >= 0.3 is 0 Å². The highest BCUT2D eigenvalue weighted by molar-refractivity contribution is 9.09. The van der Waals surface area contributed by atoms with Gasteiger partial charge in [-0.1, -0.05) is 92.5 Å². The van der Waals surface area contributed by atoms with Crippen molar-refractivity contribution in [3.63, 3.8) is 0 Å². The van der Waals surface area contributed by atoms with E-state index < -0.39 is 0 Å². The lowest BCUT2D eigenvalue weighted by Gasteiger charge is -2.14. The van der Waals surface area contributed by atoms with E-state index in [1.807, 2.05) is 0 Å². The maximum Gasteiger partial charge on any atom is 0.0660 e. The Kier molecular flexibility index (Phi) is 2.71. The van der Waals surface area contributed by atoms with Gasteiger partial charge in [-0.25, -0.2) is 0 Å². The van der Waals surface area contributed by atoms with Crippen LogP contribution < -0.4 is 0 Å². The molecule has 0 N–H and O–H groups in total. The molecular formula is C20H12Br2. The third-order valence-electron chi connectivity index (χ3n) is 4.84. The lowest BCUT2D eigenvalue weighted by molar-refractivity contribution is 1.15. The number of rotatable bonds is 0. The summed E-state index contributed by atoms with van der Waals surface area (Å²) in [5.41, 5.74) is 11.1. The van der Waals surface area contributed by atoms with E-state index in [1.165, 1.54) is 44.5 Å². The molecule has 0 aromatic heterocycles. The van der Waals surface area contributed by atoms with Gasteiger partial charge in [0.05, 0.1) is 9.65 Å². The van der Waals surface area contributed by atoms with Gasteiger partial charge in [0.2, 0.25) is 0 Å². The Balaban J connectivity index is 1.85. The number of alkyl halides is 2. The molecule has 0 spiro atoms. The van der Waals surface area contributed by atoms with E-state index in [-0.39, 0.29) is 9.65 Å². The molecule has 0 amide bonds. The molecule has 3 aromatic rings. The molecule has 2 aliphatic carbocycles. The maximum absolute atomic E-state index is 3.94. The summed E-state index contributed by atoms with van der Waals surface area (Å²) in [6.07, 6.45) is 0. The number of benzene rings is 3. The monoisotopic (exact) mass is 410 g/mol. The van der Waals surface area contributed by atoms with Crippen LogP contribution in [0.5, 0.6) is 0 Å². The summed E-state index contributed by atoms with van der Waals surface area (Å²) >= 11 is 7.88. The van der Waals surface area contributed by atoms with Crippen molar-refractivity contribution in [1.29, 1.82) is 0 Å². The van der Waals surface area contributed by atoms with Crippen LogP contribution in [-0.4, -0.2) is 0 Å². The minimum Gasteiger partial charge on any atom is -0.0786 e. The molecule has 0 saturated heterocycles. The highest BCUT2D eigenvalue weighted by Gasteiger charge is 2.36. The molecule has 0 radical (unpaired) electrons. The SMILES string of the molecule is BrC1c2ccccc2-c2ccc3c(c21)C(Br)c1ccccc1-3. The Morgan fingerprint density at radius 3 is 1.36 bits per heavy atom. The van der Waals surface area contributed by atoms with Crippen LogP contribution in [0.3, 0.4) is 0 Å². The van der Waals surface area contributed by atoms with E-state index >= 15 is 0 Å². The van der Waals surface area contributed by atoms with Crippen LogP contribution >= 0.6 is 31.9 Å². The van der Waals surface area contributed by atoms with Gasteiger partial charge in [-0.2, -0.15) is 0 Å². The summed E-state index contributed by atoms with van der Waals surface area (Å²) in [4.78, 5) is 0.561. The molecule has 0 bridgehead atoms. The highest BCUT2D eigenvalue weighted by Crippen LogP contribution is 2.57. The second kappa shape index (κ2) is 4.56. The third-order valence-corrected chi connectivity index (χ3v) is 6.74. The Morgan fingerprint density at radius 2 is 0.909 bits per heavy atom. The largest absolute Gasteiger partial charge is 0.0786 e. The van der Waals surface area contributed by atoms with Crippen LogP contribution in [0.1, 0.15) is 31.9 Å². The molecule has 0 heterocycles. The first-order valence-corrected chi connectivity index (χ1v) is 9.24. The summed E-state index contributed by atoms with van der Waals surface area (Å²) < 4.78 is 0. The zero-order chi connectivity index (χ0) is 14.8. The van der Waals surface area contributed by atoms with Gasteiger partial charge in [0, 0.05) is 0 Å². The van der Waals surface area contributed by atoms with Crippen molar-refractivity contribution < 1.29 is 0 Å². The van der Waals surface area contributed by atoms with Crippen LogP contribution in [0.25, 0.3) is 22.3 Å². The van der Waals surface area contributed by atoms with Crippen LogP contribution in [0.2, 0.25) is 0 Å². The molecule has 5 rings (SSSR count). The van der Waals surface area contributed by atoms with Crippen molar-refractivity contribution in [3.05, 3.63) is 82.9 Å². The van der Waals surface area contributed by atoms with Crippen molar-refractivity contribution in [2.24, 2.45) is 0 Å². The number of halogens is 2. The van der Waals surface area contributed by atoms with E-state index in [2.05, 4.69) is 92.5 Å². The Hall–Kier alpha value is -1.38. The topological polar surface area (TPSA) is 0 Å². The molecule has 2 atom stereocenters. The number of fused-ring (bicyclic) bond motifs is 7. The number of hydrogen-bond acceptors (Lipinski definition) is 0. The predicted octanol–water partition coefficient (Wildman–Crippen LogP) is 6.62. The zero-order valence-corrected chi connectivity index (χ0v) is 14.9. The van der Waals surface area contributed by atoms with Crippen molar-refractivity contribution in [3.8, 4) is 22.3 Å². The molecular weight excluding hydrogens is 400 g/mol. The first-order chi connectivity index (χ1) is 10.8. The van der Waals surface area contributed by atoms with Gasteiger partial charge in [0.25, 0.3) is 0 Å². The molecule has 2 aliphatic rings. The van der Waals surface area contributed by atoms with E-state index in [4.69, 9.17) is 0 Å². The molecule has 2 heteroatoms. The molecule has 2 unspecified atom stereocenters. The van der Waals surface area contributed by atoms with E-state index in [9.17, 15) is 0 Å². The third kappa shape index (κ3) is 1.52. The quantitative estimate of drug-likeness (QED) is 0.365. The van der Waals surface area contributed by atoms with Crippen molar-refractivity contribution in [2.75, 3.05) is 0 Å². The normalized spacial score (nSPS) is 20.3. The first-order valence-electron chi connectivity index (χ1n) is 7.41. The summed E-state index contributed by atoms with van der Waals surface area (Å²) in [6, 6.07) is 22.0. The molecule has 3 aromatic carbocycles. The van der Waals surface area contributed by atoms with E-state index in [0.717, 1.165) is 0 Å². The van der Waals surface area contributed by atoms with Crippen LogP contribution in [-0.2, 0) is 0 Å². The maximum atomic E-state index is 3.94. The number of hydrogen-bond donors (Lipinski definition) is 0. The van der Waals surface area contributed by atoms with Gasteiger partial charge in [0.15, 0.2) is 0 Å². The fourth-order valence-electron chi connectivity index (χ4n) is 3.89. The average molecular weight is 412 g/mol. The predicted molar refractivity (Wildman–Crippen MR) is 98.9 cm³/mol. The fourth-order valence-corrected chi connectivity index (χ4v) is 5.67. The second-order valence-corrected chi connectivity index (χ2v) is 7.72. The Bertz CT molecular complexity index is 850. The summed E-state index contributed by atoms with van der Waals surface area (Å²) in [7, 11) is 0. The van der Waals surface area contributed by atoms with E-state index in [1.54, 1.807) is 0 Å². The Morgan fingerprint density at radius 1 is 0.500 bits per heavy atom. The van der Waals surface area contributed by atoms with Crippen LogP contribution in [0.15, 0.2) is 60.7 Å². The smallest absolute Gasteiger partial charge is 0.0660 e. The molecule has 0 nitrogen and oxygen atoms in total. The second-order valence-electron chi connectivity index (χ2n) is 5.89. The highest BCUT2D eigenvalue weighted by atomic mass is 79.9. The standard InChI is InChI=1S/C20H12Br2/c21-19-15-7-3-1-5-11(15)13-9-10-14-12-6-2-4-8-16(12)20(22)18(14)17(13)19/h1-10,19-20H. The van der Waals surface area contributed by atoms with E-state index in [0.29, 0.717) is 0 Å². The van der Waals surface area contributed by atoms with Crippen LogP contribution in [0.4, 0.5) is 0 Å². The summed E-state index contributed by atoms with van der Waals surface area (Å²) in [5, 5.41) is 0. The van der Waals surface area contributed by atoms with Gasteiger partial charge in [-0.05, 0) is 44.5 Å². The average Bonchev–Trinajstić information content (AvgIpc) is 3.02. The fraction of sp³-hybridized carbons (Fsp3) is 0.100. The molecule has 0 saturated carbocycles. The minimum atomic E-state index is 0.281. The molecule has 0 aliphatic heterocycles. The first kappa shape index (κ1) is 13.1. The van der Waals surface area contributed by atoms with Crippen molar-refractivity contribution in [1.82, 2.24) is 0 Å². The molecule has 0 fully saturated rings. The van der Waals surface area contributed by atoms with Gasteiger partial charge in [-0.15, -0.1) is 0 Å². The molecule has 106 valence electrons. The van der Waals surface area contributed by atoms with Gasteiger partial charge in [-0.3, -0.25) is 0 Å². The van der Waals surface area contributed by atoms with Crippen molar-refractivity contribution >= 4 is 31.9 Å². The van der Waals surface area contributed by atoms with Gasteiger partial charge in [0.1, 0.15) is 0 Å². The summed E-state index contributed by atoms with van der Waals surface area (Å²) in [6.45, 7) is 0. The molecule has 22 heavy (non-hydrogen) atoms. The van der Waals surface area contributed by atoms with Gasteiger partial charge < -0.3 is 0 Å². The van der Waals surface area contributed by atoms with Crippen molar-refractivity contribution in [2.45, 2.75) is 9.65 Å². The Labute approximate surface area is 146 Å². The lowest BCUT2D eigenvalue weighted by atomic mass is 9.96. The van der Waals surface area contributed by atoms with Crippen LogP contribution in [0, 0.1) is 0 Å². The zero-order valence-electron chi connectivity index (χ0n) is 11.7. The minimum absolute atomic E-state index is 0.281. The summed E-state index contributed by atoms with van der Waals surface area (Å²) in [5.74, 6) is 0.